The molecule has 0 bridgehead atoms. The third kappa shape index (κ3) is 3.52. The highest BCUT2D eigenvalue weighted by atomic mass is 79.9. The predicted octanol–water partition coefficient (Wildman–Crippen LogP) is 3.74. The van der Waals surface area contributed by atoms with Gasteiger partial charge < -0.3 is 14.6 Å². The van der Waals surface area contributed by atoms with Crippen molar-refractivity contribution in [3.63, 3.8) is 0 Å². The van der Waals surface area contributed by atoms with Gasteiger partial charge in [0.15, 0.2) is 0 Å². The van der Waals surface area contributed by atoms with E-state index in [2.05, 4.69) is 15.9 Å². The Morgan fingerprint density at radius 2 is 1.75 bits per heavy atom. The molecule has 2 aromatic carbocycles. The van der Waals surface area contributed by atoms with Crippen LogP contribution < -0.4 is 9.47 Å². The van der Waals surface area contributed by atoms with Gasteiger partial charge in [0.1, 0.15) is 11.5 Å². The number of methoxy groups -OCH3 is 2. The summed E-state index contributed by atoms with van der Waals surface area (Å²) < 4.78 is 11.4. The largest absolute Gasteiger partial charge is 0.497 e. The fourth-order valence-corrected chi connectivity index (χ4v) is 2.40. The standard InChI is InChI=1S/C16H17BrO3/c1-19-13-6-3-11(4-7-13)9-15(18)14-8-5-12(17)10-16(14)20-2/h3-8,10,15,18H,9H2,1-2H3. The summed E-state index contributed by atoms with van der Waals surface area (Å²) in [6.45, 7) is 0. The first-order valence-corrected chi connectivity index (χ1v) is 7.07. The van der Waals surface area contributed by atoms with Gasteiger partial charge in [-0.15, -0.1) is 0 Å². The highest BCUT2D eigenvalue weighted by Gasteiger charge is 2.14. The lowest BCUT2D eigenvalue weighted by Gasteiger charge is -2.15. The Bertz CT molecular complexity index is 566. The van der Waals surface area contributed by atoms with Crippen LogP contribution >= 0.6 is 15.9 Å². The highest BCUT2D eigenvalue weighted by Crippen LogP contribution is 2.30. The molecule has 0 aliphatic rings. The van der Waals surface area contributed by atoms with Gasteiger partial charge in [-0.05, 0) is 29.8 Å². The molecule has 0 spiro atoms. The van der Waals surface area contributed by atoms with Crippen molar-refractivity contribution in [2.24, 2.45) is 0 Å². The van der Waals surface area contributed by atoms with Crippen LogP contribution in [-0.4, -0.2) is 19.3 Å². The van der Waals surface area contributed by atoms with Crippen LogP contribution in [0, 0.1) is 0 Å². The van der Waals surface area contributed by atoms with E-state index in [-0.39, 0.29) is 0 Å². The average molecular weight is 337 g/mol. The predicted molar refractivity (Wildman–Crippen MR) is 82.4 cm³/mol. The number of hydrogen-bond acceptors (Lipinski definition) is 3. The van der Waals surface area contributed by atoms with Crippen LogP contribution in [0.25, 0.3) is 0 Å². The summed E-state index contributed by atoms with van der Waals surface area (Å²) in [6, 6.07) is 13.3. The van der Waals surface area contributed by atoms with E-state index in [1.165, 1.54) is 0 Å². The molecule has 1 unspecified atom stereocenters. The number of hydrogen-bond donors (Lipinski definition) is 1. The summed E-state index contributed by atoms with van der Waals surface area (Å²) >= 11 is 3.39. The minimum atomic E-state index is -0.605. The lowest BCUT2D eigenvalue weighted by Crippen LogP contribution is -2.04. The Labute approximate surface area is 127 Å². The molecule has 0 aromatic heterocycles. The van der Waals surface area contributed by atoms with Crippen molar-refractivity contribution in [1.29, 1.82) is 0 Å². The Kier molecular flexibility index (Phi) is 5.04. The van der Waals surface area contributed by atoms with Crippen molar-refractivity contribution in [2.75, 3.05) is 14.2 Å². The number of benzene rings is 2. The summed E-state index contributed by atoms with van der Waals surface area (Å²) in [4.78, 5) is 0. The molecule has 0 radical (unpaired) electrons. The topological polar surface area (TPSA) is 38.7 Å². The molecular weight excluding hydrogens is 320 g/mol. The lowest BCUT2D eigenvalue weighted by molar-refractivity contribution is 0.174. The third-order valence-corrected chi connectivity index (χ3v) is 3.64. The van der Waals surface area contributed by atoms with E-state index in [4.69, 9.17) is 9.47 Å². The molecule has 0 saturated carbocycles. The van der Waals surface area contributed by atoms with Crippen LogP contribution in [0.15, 0.2) is 46.9 Å². The van der Waals surface area contributed by atoms with Gasteiger partial charge in [0.05, 0.1) is 20.3 Å². The molecule has 2 aromatic rings. The Balaban J connectivity index is 2.16. The minimum absolute atomic E-state index is 0.530. The first-order valence-electron chi connectivity index (χ1n) is 6.28. The van der Waals surface area contributed by atoms with E-state index in [1.807, 2.05) is 42.5 Å². The first-order chi connectivity index (χ1) is 9.63. The summed E-state index contributed by atoms with van der Waals surface area (Å²) in [6.07, 6.45) is -0.0754. The van der Waals surface area contributed by atoms with E-state index in [1.54, 1.807) is 14.2 Å². The fraction of sp³-hybridized carbons (Fsp3) is 0.250. The molecule has 2 rings (SSSR count). The summed E-state index contributed by atoms with van der Waals surface area (Å²) in [5, 5.41) is 10.4. The number of aliphatic hydroxyl groups is 1. The van der Waals surface area contributed by atoms with Gasteiger partial charge in [-0.1, -0.05) is 34.1 Å². The van der Waals surface area contributed by atoms with Crippen molar-refractivity contribution in [3.05, 3.63) is 58.1 Å². The maximum atomic E-state index is 10.4. The van der Waals surface area contributed by atoms with Crippen molar-refractivity contribution in [2.45, 2.75) is 12.5 Å². The minimum Gasteiger partial charge on any atom is -0.497 e. The Morgan fingerprint density at radius 1 is 1.05 bits per heavy atom. The van der Waals surface area contributed by atoms with Gasteiger partial charge in [-0.3, -0.25) is 0 Å². The van der Waals surface area contributed by atoms with E-state index < -0.39 is 6.10 Å². The highest BCUT2D eigenvalue weighted by molar-refractivity contribution is 9.10. The van der Waals surface area contributed by atoms with E-state index in [9.17, 15) is 5.11 Å². The quantitative estimate of drug-likeness (QED) is 0.903. The molecule has 0 aliphatic heterocycles. The van der Waals surface area contributed by atoms with Crippen LogP contribution in [0.1, 0.15) is 17.2 Å². The SMILES string of the molecule is COc1ccc(CC(O)c2ccc(Br)cc2OC)cc1. The summed E-state index contributed by atoms with van der Waals surface area (Å²) in [5.41, 5.74) is 1.83. The summed E-state index contributed by atoms with van der Waals surface area (Å²) in [5.74, 6) is 1.49. The third-order valence-electron chi connectivity index (χ3n) is 3.14. The van der Waals surface area contributed by atoms with Crippen LogP contribution in [0.5, 0.6) is 11.5 Å². The Morgan fingerprint density at radius 3 is 2.35 bits per heavy atom. The number of ether oxygens (including phenoxy) is 2. The van der Waals surface area contributed by atoms with E-state index >= 15 is 0 Å². The molecule has 0 amide bonds. The second kappa shape index (κ2) is 6.77. The molecule has 0 aliphatic carbocycles. The van der Waals surface area contributed by atoms with Crippen molar-refractivity contribution in [1.82, 2.24) is 0 Å². The van der Waals surface area contributed by atoms with Crippen LogP contribution in [-0.2, 0) is 6.42 Å². The van der Waals surface area contributed by atoms with Gasteiger partial charge >= 0.3 is 0 Å². The van der Waals surface area contributed by atoms with Crippen molar-refractivity contribution < 1.29 is 14.6 Å². The molecule has 1 atom stereocenters. The monoisotopic (exact) mass is 336 g/mol. The molecule has 0 heterocycles. The molecule has 1 N–H and O–H groups in total. The van der Waals surface area contributed by atoms with E-state index in [0.717, 1.165) is 21.3 Å². The number of halogens is 1. The zero-order chi connectivity index (χ0) is 14.5. The van der Waals surface area contributed by atoms with Crippen LogP contribution in [0.3, 0.4) is 0 Å². The molecule has 0 fully saturated rings. The van der Waals surface area contributed by atoms with Crippen molar-refractivity contribution in [3.8, 4) is 11.5 Å². The molecule has 20 heavy (non-hydrogen) atoms. The van der Waals surface area contributed by atoms with Crippen molar-refractivity contribution >= 4 is 15.9 Å². The Hall–Kier alpha value is -1.52. The van der Waals surface area contributed by atoms with Gasteiger partial charge in [-0.25, -0.2) is 0 Å². The fourth-order valence-electron chi connectivity index (χ4n) is 2.06. The second-order valence-electron chi connectivity index (χ2n) is 4.45. The molecule has 4 heteroatoms. The average Bonchev–Trinajstić information content (AvgIpc) is 2.47. The molecule has 106 valence electrons. The second-order valence-corrected chi connectivity index (χ2v) is 5.37. The first kappa shape index (κ1) is 14.9. The van der Waals surface area contributed by atoms with Crippen LogP contribution in [0.2, 0.25) is 0 Å². The van der Waals surface area contributed by atoms with Gasteiger partial charge in [-0.2, -0.15) is 0 Å². The van der Waals surface area contributed by atoms with E-state index in [0.29, 0.717) is 12.2 Å². The lowest BCUT2D eigenvalue weighted by atomic mass is 10.0. The van der Waals surface area contributed by atoms with Gasteiger partial charge in [0.2, 0.25) is 0 Å². The number of aliphatic hydroxyl groups excluding tert-OH is 1. The molecular formula is C16H17BrO3. The molecule has 0 saturated heterocycles. The zero-order valence-electron chi connectivity index (χ0n) is 11.5. The maximum absolute atomic E-state index is 10.4. The maximum Gasteiger partial charge on any atom is 0.125 e. The summed E-state index contributed by atoms with van der Waals surface area (Å²) in [7, 11) is 3.24. The number of rotatable bonds is 5. The normalized spacial score (nSPS) is 12.0. The van der Waals surface area contributed by atoms with Crippen LogP contribution in [0.4, 0.5) is 0 Å². The molecule has 3 nitrogen and oxygen atoms in total. The zero-order valence-corrected chi connectivity index (χ0v) is 13.1. The smallest absolute Gasteiger partial charge is 0.125 e. The van der Waals surface area contributed by atoms with Gasteiger partial charge in [0, 0.05) is 16.5 Å². The van der Waals surface area contributed by atoms with Gasteiger partial charge in [0.25, 0.3) is 0 Å².